The summed E-state index contributed by atoms with van der Waals surface area (Å²) < 4.78 is 5.15. The highest BCUT2D eigenvalue weighted by atomic mass is 32.1. The maximum Gasteiger partial charge on any atom is 0.318 e. The predicted molar refractivity (Wildman–Crippen MR) is 103 cm³/mol. The molecule has 1 aromatic carbocycles. The fraction of sp³-hybridized carbons (Fsp3) is 0.368. The number of amides is 3. The van der Waals surface area contributed by atoms with Crippen molar-refractivity contribution in [3.63, 3.8) is 0 Å². The summed E-state index contributed by atoms with van der Waals surface area (Å²) in [5.74, 6) is 0.674. The van der Waals surface area contributed by atoms with Gasteiger partial charge in [-0.05, 0) is 49.1 Å². The smallest absolute Gasteiger partial charge is 0.318 e. The van der Waals surface area contributed by atoms with Crippen molar-refractivity contribution in [1.82, 2.24) is 10.2 Å². The van der Waals surface area contributed by atoms with Crippen molar-refractivity contribution in [2.45, 2.75) is 19.4 Å². The lowest BCUT2D eigenvalue weighted by atomic mass is 10.1. The molecule has 0 saturated carbocycles. The minimum atomic E-state index is -0.493. The van der Waals surface area contributed by atoms with E-state index in [1.807, 2.05) is 35.7 Å². The Kier molecular flexibility index (Phi) is 5.78. The Morgan fingerprint density at radius 1 is 1.27 bits per heavy atom. The predicted octanol–water partition coefficient (Wildman–Crippen LogP) is 2.75. The number of rotatable bonds is 5. The lowest BCUT2D eigenvalue weighted by Gasteiger charge is -2.39. The summed E-state index contributed by atoms with van der Waals surface area (Å²) in [4.78, 5) is 29.7. The molecule has 0 spiro atoms. The molecule has 138 valence electrons. The standard InChI is InChI=1S/C19H23N3O3S/c1-14-18(23)22(15-5-7-16(25-2)8-6-15)12-11-21(14)19(24)20-10-9-17-4-3-13-26-17/h3-8,13-14H,9-12H2,1-2H3,(H,20,24)/t14-/m1/s1. The molecule has 3 amide bonds. The Labute approximate surface area is 157 Å². The van der Waals surface area contributed by atoms with Gasteiger partial charge in [-0.25, -0.2) is 4.79 Å². The Bertz CT molecular complexity index is 746. The van der Waals surface area contributed by atoms with Gasteiger partial charge in [0.1, 0.15) is 11.8 Å². The lowest BCUT2D eigenvalue weighted by Crippen LogP contribution is -2.59. The number of thiophene rings is 1. The minimum absolute atomic E-state index is 0.0742. The lowest BCUT2D eigenvalue weighted by molar-refractivity contribution is -0.124. The van der Waals surface area contributed by atoms with Gasteiger partial charge in [-0.15, -0.1) is 11.3 Å². The molecule has 3 rings (SSSR count). The second-order valence-electron chi connectivity index (χ2n) is 6.12. The number of hydrogen-bond acceptors (Lipinski definition) is 4. The van der Waals surface area contributed by atoms with Crippen molar-refractivity contribution in [3.8, 4) is 5.75 Å². The van der Waals surface area contributed by atoms with Crippen LogP contribution in [0.15, 0.2) is 41.8 Å². The summed E-state index contributed by atoms with van der Waals surface area (Å²) >= 11 is 1.68. The molecule has 1 aromatic heterocycles. The molecule has 0 radical (unpaired) electrons. The maximum atomic E-state index is 12.7. The largest absolute Gasteiger partial charge is 0.497 e. The molecule has 26 heavy (non-hydrogen) atoms. The van der Waals surface area contributed by atoms with Crippen molar-refractivity contribution in [3.05, 3.63) is 46.7 Å². The fourth-order valence-corrected chi connectivity index (χ4v) is 3.72. The number of anilines is 1. The van der Waals surface area contributed by atoms with Gasteiger partial charge in [-0.1, -0.05) is 6.07 Å². The van der Waals surface area contributed by atoms with Gasteiger partial charge in [0.25, 0.3) is 0 Å². The normalized spacial score (nSPS) is 17.3. The third kappa shape index (κ3) is 3.99. The molecule has 0 bridgehead atoms. The molecule has 1 atom stereocenters. The van der Waals surface area contributed by atoms with Crippen molar-refractivity contribution in [1.29, 1.82) is 0 Å². The number of piperazine rings is 1. The Morgan fingerprint density at radius 2 is 2.04 bits per heavy atom. The molecule has 0 aliphatic carbocycles. The van der Waals surface area contributed by atoms with E-state index >= 15 is 0 Å². The molecule has 1 saturated heterocycles. The summed E-state index contributed by atoms with van der Waals surface area (Å²) in [6.45, 7) is 3.33. The van der Waals surface area contributed by atoms with Gasteiger partial charge in [-0.3, -0.25) is 4.79 Å². The number of benzene rings is 1. The van der Waals surface area contributed by atoms with Crippen LogP contribution < -0.4 is 15.0 Å². The number of carbonyl (C=O) groups excluding carboxylic acids is 2. The van der Waals surface area contributed by atoms with Crippen molar-refractivity contribution in [2.75, 3.05) is 31.6 Å². The van der Waals surface area contributed by atoms with E-state index < -0.39 is 6.04 Å². The van der Waals surface area contributed by atoms with Crippen LogP contribution >= 0.6 is 11.3 Å². The zero-order chi connectivity index (χ0) is 18.5. The van der Waals surface area contributed by atoms with Crippen LogP contribution in [0.4, 0.5) is 10.5 Å². The summed E-state index contributed by atoms with van der Waals surface area (Å²) in [5.41, 5.74) is 0.820. The van der Waals surface area contributed by atoms with Crippen LogP contribution in [-0.2, 0) is 11.2 Å². The van der Waals surface area contributed by atoms with Gasteiger partial charge >= 0.3 is 6.03 Å². The first-order valence-electron chi connectivity index (χ1n) is 8.62. The third-order valence-electron chi connectivity index (χ3n) is 4.53. The summed E-state index contributed by atoms with van der Waals surface area (Å²) in [6, 6.07) is 10.8. The number of urea groups is 1. The molecule has 1 N–H and O–H groups in total. The molecule has 0 unspecified atom stereocenters. The first kappa shape index (κ1) is 18.3. The summed E-state index contributed by atoms with van der Waals surface area (Å²) in [6.07, 6.45) is 0.803. The molecule has 1 aliphatic rings. The molecule has 1 fully saturated rings. The van der Waals surface area contributed by atoms with E-state index in [1.165, 1.54) is 4.88 Å². The number of nitrogens with zero attached hydrogens (tertiary/aromatic N) is 2. The molecule has 7 heteroatoms. The van der Waals surface area contributed by atoms with Gasteiger partial charge < -0.3 is 19.9 Å². The number of methoxy groups -OCH3 is 1. The second-order valence-corrected chi connectivity index (χ2v) is 7.15. The average Bonchev–Trinajstić information content (AvgIpc) is 3.17. The van der Waals surface area contributed by atoms with Crippen molar-refractivity contribution >= 4 is 29.0 Å². The first-order chi connectivity index (χ1) is 12.6. The van der Waals surface area contributed by atoms with E-state index in [0.29, 0.717) is 19.6 Å². The molecular weight excluding hydrogens is 350 g/mol. The average molecular weight is 373 g/mol. The number of hydrogen-bond donors (Lipinski definition) is 1. The SMILES string of the molecule is COc1ccc(N2CCN(C(=O)NCCc3cccs3)[C@H](C)C2=O)cc1. The summed E-state index contributed by atoms with van der Waals surface area (Å²) in [7, 11) is 1.61. The van der Waals surface area contributed by atoms with E-state index in [-0.39, 0.29) is 11.9 Å². The van der Waals surface area contributed by atoms with Crippen LogP contribution in [0.25, 0.3) is 0 Å². The van der Waals surface area contributed by atoms with Gasteiger partial charge in [0, 0.05) is 30.2 Å². The third-order valence-corrected chi connectivity index (χ3v) is 5.46. The summed E-state index contributed by atoms with van der Waals surface area (Å²) in [5, 5.41) is 4.94. The highest BCUT2D eigenvalue weighted by Gasteiger charge is 2.34. The molecule has 2 aromatic rings. The minimum Gasteiger partial charge on any atom is -0.497 e. The zero-order valence-electron chi connectivity index (χ0n) is 15.0. The van der Waals surface area contributed by atoms with Gasteiger partial charge in [0.05, 0.1) is 7.11 Å². The Morgan fingerprint density at radius 3 is 2.69 bits per heavy atom. The van der Waals surface area contributed by atoms with E-state index in [0.717, 1.165) is 17.9 Å². The number of ether oxygens (including phenoxy) is 1. The molecule has 1 aliphatic heterocycles. The molecule has 6 nitrogen and oxygen atoms in total. The van der Waals surface area contributed by atoms with E-state index in [1.54, 1.807) is 35.2 Å². The van der Waals surface area contributed by atoms with Crippen LogP contribution in [0.1, 0.15) is 11.8 Å². The van der Waals surface area contributed by atoms with Crippen LogP contribution in [0.3, 0.4) is 0 Å². The fourth-order valence-electron chi connectivity index (χ4n) is 3.02. The monoisotopic (exact) mass is 373 g/mol. The van der Waals surface area contributed by atoms with Gasteiger partial charge in [-0.2, -0.15) is 0 Å². The highest BCUT2D eigenvalue weighted by molar-refractivity contribution is 7.09. The van der Waals surface area contributed by atoms with Crippen LogP contribution in [-0.4, -0.2) is 49.6 Å². The number of carbonyl (C=O) groups is 2. The zero-order valence-corrected chi connectivity index (χ0v) is 15.8. The maximum absolute atomic E-state index is 12.7. The van der Waals surface area contributed by atoms with E-state index in [2.05, 4.69) is 11.4 Å². The molecule has 2 heterocycles. The van der Waals surface area contributed by atoms with Crippen LogP contribution in [0, 0.1) is 0 Å². The van der Waals surface area contributed by atoms with E-state index in [4.69, 9.17) is 4.74 Å². The van der Waals surface area contributed by atoms with Gasteiger partial charge in [0.2, 0.25) is 5.91 Å². The Balaban J connectivity index is 1.56. The topological polar surface area (TPSA) is 61.9 Å². The quantitative estimate of drug-likeness (QED) is 0.877. The Hall–Kier alpha value is -2.54. The van der Waals surface area contributed by atoms with Crippen LogP contribution in [0.5, 0.6) is 5.75 Å². The van der Waals surface area contributed by atoms with Crippen LogP contribution in [0.2, 0.25) is 0 Å². The van der Waals surface area contributed by atoms with Gasteiger partial charge in [0.15, 0.2) is 0 Å². The second kappa shape index (κ2) is 8.23. The number of nitrogens with one attached hydrogen (secondary N) is 1. The first-order valence-corrected chi connectivity index (χ1v) is 9.50. The van der Waals surface area contributed by atoms with E-state index in [9.17, 15) is 9.59 Å². The van der Waals surface area contributed by atoms with Crippen molar-refractivity contribution in [2.24, 2.45) is 0 Å². The molecular formula is C19H23N3O3S. The van der Waals surface area contributed by atoms with Crippen molar-refractivity contribution < 1.29 is 14.3 Å². The highest BCUT2D eigenvalue weighted by Crippen LogP contribution is 2.23.